The van der Waals surface area contributed by atoms with Crippen LogP contribution in [0.3, 0.4) is 0 Å². The number of aromatic nitrogens is 1. The number of pyridine rings is 1. The molecule has 3 N–H and O–H groups in total. The second-order valence-corrected chi connectivity index (χ2v) is 4.04. The first-order valence-corrected chi connectivity index (χ1v) is 5.75. The summed E-state index contributed by atoms with van der Waals surface area (Å²) in [6.07, 6.45) is 1.56. The molecule has 1 aromatic heterocycles. The number of nitrogens with two attached hydrogens (primary N) is 1. The zero-order valence-electron chi connectivity index (χ0n) is 10.1. The second kappa shape index (κ2) is 5.31. The van der Waals surface area contributed by atoms with E-state index < -0.39 is 0 Å². The quantitative estimate of drug-likeness (QED) is 0.865. The van der Waals surface area contributed by atoms with Crippen LogP contribution in [0.1, 0.15) is 28.9 Å². The third-order valence-corrected chi connectivity index (χ3v) is 2.73. The average Bonchev–Trinajstić information content (AvgIpc) is 2.40. The summed E-state index contributed by atoms with van der Waals surface area (Å²) in [5.41, 5.74) is 7.12. The summed E-state index contributed by atoms with van der Waals surface area (Å²) in [5, 5.41) is 2.89. The van der Waals surface area contributed by atoms with Gasteiger partial charge in [0.05, 0.1) is 11.6 Å². The van der Waals surface area contributed by atoms with E-state index in [1.165, 1.54) is 0 Å². The summed E-state index contributed by atoms with van der Waals surface area (Å²) >= 11 is 0. The van der Waals surface area contributed by atoms with Crippen molar-refractivity contribution in [2.45, 2.75) is 13.0 Å². The van der Waals surface area contributed by atoms with E-state index in [-0.39, 0.29) is 17.8 Å². The van der Waals surface area contributed by atoms with Crippen molar-refractivity contribution in [3.63, 3.8) is 0 Å². The molecule has 4 nitrogen and oxygen atoms in total. The van der Waals surface area contributed by atoms with Gasteiger partial charge in [0.1, 0.15) is 5.82 Å². The van der Waals surface area contributed by atoms with E-state index in [9.17, 15) is 4.79 Å². The van der Waals surface area contributed by atoms with Gasteiger partial charge in [-0.15, -0.1) is 0 Å². The molecule has 1 atom stereocenters. The predicted octanol–water partition coefficient (Wildman–Crippen LogP) is 2.15. The Balaban J connectivity index is 2.11. The smallest absolute Gasteiger partial charge is 0.255 e. The zero-order chi connectivity index (χ0) is 13.0. The third-order valence-electron chi connectivity index (χ3n) is 2.73. The fourth-order valence-corrected chi connectivity index (χ4v) is 1.71. The number of nitrogens with one attached hydrogen (secondary N) is 1. The van der Waals surface area contributed by atoms with Crippen molar-refractivity contribution in [3.8, 4) is 0 Å². The lowest BCUT2D eigenvalue weighted by atomic mass is 10.1. The molecule has 92 valence electrons. The van der Waals surface area contributed by atoms with Crippen LogP contribution in [0.15, 0.2) is 48.7 Å². The van der Waals surface area contributed by atoms with Crippen molar-refractivity contribution in [1.29, 1.82) is 0 Å². The molecule has 1 heterocycles. The molecule has 0 unspecified atom stereocenters. The molecule has 0 aliphatic carbocycles. The van der Waals surface area contributed by atoms with E-state index in [1.807, 2.05) is 37.3 Å². The van der Waals surface area contributed by atoms with E-state index in [2.05, 4.69) is 10.3 Å². The number of amides is 1. The SMILES string of the molecule is C[C@H](NC(=O)c1cccnc1N)c1ccccc1. The molecule has 0 fully saturated rings. The van der Waals surface area contributed by atoms with Crippen molar-refractivity contribution < 1.29 is 4.79 Å². The molecule has 18 heavy (non-hydrogen) atoms. The van der Waals surface area contributed by atoms with Gasteiger partial charge in [0, 0.05) is 6.20 Å². The Kier molecular flexibility index (Phi) is 3.57. The van der Waals surface area contributed by atoms with E-state index in [1.54, 1.807) is 18.3 Å². The topological polar surface area (TPSA) is 68.0 Å². The molecule has 0 aliphatic heterocycles. The molecule has 0 saturated carbocycles. The molecule has 1 amide bonds. The van der Waals surface area contributed by atoms with Crippen molar-refractivity contribution >= 4 is 11.7 Å². The Morgan fingerprint density at radius 3 is 2.61 bits per heavy atom. The van der Waals surface area contributed by atoms with Crippen LogP contribution in [0.2, 0.25) is 0 Å². The van der Waals surface area contributed by atoms with Crippen LogP contribution in [0.4, 0.5) is 5.82 Å². The van der Waals surface area contributed by atoms with Gasteiger partial charge in [0.15, 0.2) is 0 Å². The summed E-state index contributed by atoms with van der Waals surface area (Å²) in [5.74, 6) is 0.0345. The molecular formula is C14H15N3O. The fourth-order valence-electron chi connectivity index (χ4n) is 1.71. The lowest BCUT2D eigenvalue weighted by Crippen LogP contribution is -2.27. The van der Waals surface area contributed by atoms with Crippen LogP contribution in [0.5, 0.6) is 0 Å². The van der Waals surface area contributed by atoms with Crippen molar-refractivity contribution in [2.24, 2.45) is 0 Å². The van der Waals surface area contributed by atoms with Crippen molar-refractivity contribution in [2.75, 3.05) is 5.73 Å². The first kappa shape index (κ1) is 12.1. The molecule has 0 spiro atoms. The maximum absolute atomic E-state index is 12.0. The van der Waals surface area contributed by atoms with Gasteiger partial charge in [-0.1, -0.05) is 30.3 Å². The monoisotopic (exact) mass is 241 g/mol. The molecule has 0 bridgehead atoms. The van der Waals surface area contributed by atoms with E-state index in [4.69, 9.17) is 5.73 Å². The Bertz CT molecular complexity index is 540. The molecule has 0 saturated heterocycles. The molecule has 4 heteroatoms. The number of anilines is 1. The van der Waals surface area contributed by atoms with Gasteiger partial charge in [0.25, 0.3) is 5.91 Å². The number of benzene rings is 1. The van der Waals surface area contributed by atoms with Crippen LogP contribution < -0.4 is 11.1 Å². The molecule has 2 aromatic rings. The van der Waals surface area contributed by atoms with Crippen molar-refractivity contribution in [1.82, 2.24) is 10.3 Å². The Labute approximate surface area is 106 Å². The highest BCUT2D eigenvalue weighted by atomic mass is 16.1. The lowest BCUT2D eigenvalue weighted by Gasteiger charge is -2.14. The molecular weight excluding hydrogens is 226 g/mol. The number of carbonyl (C=O) groups excluding carboxylic acids is 1. The Morgan fingerprint density at radius 1 is 1.22 bits per heavy atom. The van der Waals surface area contributed by atoms with Gasteiger partial charge in [-0.25, -0.2) is 4.98 Å². The van der Waals surface area contributed by atoms with Crippen molar-refractivity contribution in [3.05, 3.63) is 59.8 Å². The van der Waals surface area contributed by atoms with Crippen LogP contribution in [-0.4, -0.2) is 10.9 Å². The molecule has 0 radical (unpaired) electrons. The zero-order valence-corrected chi connectivity index (χ0v) is 10.1. The standard InChI is InChI=1S/C14H15N3O/c1-10(11-6-3-2-4-7-11)17-14(18)12-8-5-9-16-13(12)15/h2-10H,1H3,(H2,15,16)(H,17,18)/t10-/m0/s1. The summed E-state index contributed by atoms with van der Waals surface area (Å²) in [7, 11) is 0. The summed E-state index contributed by atoms with van der Waals surface area (Å²) in [4.78, 5) is 15.9. The first-order chi connectivity index (χ1) is 8.68. The normalized spacial score (nSPS) is 11.8. The highest BCUT2D eigenvalue weighted by Gasteiger charge is 2.13. The summed E-state index contributed by atoms with van der Waals surface area (Å²) in [6.45, 7) is 1.93. The number of nitrogen functional groups attached to an aromatic ring is 1. The highest BCUT2D eigenvalue weighted by Crippen LogP contribution is 2.13. The largest absolute Gasteiger partial charge is 0.383 e. The van der Waals surface area contributed by atoms with Crippen LogP contribution in [0.25, 0.3) is 0 Å². The second-order valence-electron chi connectivity index (χ2n) is 4.04. The van der Waals surface area contributed by atoms with Gasteiger partial charge in [-0.05, 0) is 24.6 Å². The minimum Gasteiger partial charge on any atom is -0.383 e. The van der Waals surface area contributed by atoms with E-state index >= 15 is 0 Å². The molecule has 0 aliphatic rings. The van der Waals surface area contributed by atoms with Gasteiger partial charge in [-0.3, -0.25) is 4.79 Å². The lowest BCUT2D eigenvalue weighted by molar-refractivity contribution is 0.0940. The number of hydrogen-bond donors (Lipinski definition) is 2. The number of nitrogens with zero attached hydrogens (tertiary/aromatic N) is 1. The number of carbonyl (C=O) groups is 1. The van der Waals surface area contributed by atoms with E-state index in [0.717, 1.165) is 5.56 Å². The van der Waals surface area contributed by atoms with Gasteiger partial charge in [-0.2, -0.15) is 0 Å². The maximum Gasteiger partial charge on any atom is 0.255 e. The molecule has 1 aromatic carbocycles. The Morgan fingerprint density at radius 2 is 1.94 bits per heavy atom. The molecule has 2 rings (SSSR count). The van der Waals surface area contributed by atoms with Gasteiger partial charge in [0.2, 0.25) is 0 Å². The Hall–Kier alpha value is -2.36. The van der Waals surface area contributed by atoms with E-state index in [0.29, 0.717) is 5.56 Å². The number of hydrogen-bond acceptors (Lipinski definition) is 3. The van der Waals surface area contributed by atoms with Crippen LogP contribution in [0, 0.1) is 0 Å². The first-order valence-electron chi connectivity index (χ1n) is 5.75. The van der Waals surface area contributed by atoms with Gasteiger partial charge < -0.3 is 11.1 Å². The van der Waals surface area contributed by atoms with Crippen LogP contribution >= 0.6 is 0 Å². The average molecular weight is 241 g/mol. The summed E-state index contributed by atoms with van der Waals surface area (Å²) in [6, 6.07) is 13.0. The maximum atomic E-state index is 12.0. The van der Waals surface area contributed by atoms with Crippen LogP contribution in [-0.2, 0) is 0 Å². The van der Waals surface area contributed by atoms with Gasteiger partial charge >= 0.3 is 0 Å². The third kappa shape index (κ3) is 2.66. The minimum atomic E-state index is -0.211. The summed E-state index contributed by atoms with van der Waals surface area (Å²) < 4.78 is 0. The number of rotatable bonds is 3. The fraction of sp³-hybridized carbons (Fsp3) is 0.143. The predicted molar refractivity (Wildman–Crippen MR) is 71.0 cm³/mol. The minimum absolute atomic E-state index is 0.0710. The highest BCUT2D eigenvalue weighted by molar-refractivity contribution is 5.98.